The zero-order chi connectivity index (χ0) is 14.5. The molecule has 0 spiro atoms. The second kappa shape index (κ2) is 6.36. The summed E-state index contributed by atoms with van der Waals surface area (Å²) in [4.78, 5) is 28.7. The van der Waals surface area contributed by atoms with Crippen LogP contribution < -0.4 is 5.32 Å². The zero-order valence-corrected chi connectivity index (χ0v) is 11.7. The first-order valence-corrected chi connectivity index (χ1v) is 6.70. The van der Waals surface area contributed by atoms with Gasteiger partial charge in [0.05, 0.1) is 12.6 Å². The lowest BCUT2D eigenvalue weighted by Crippen LogP contribution is -2.39. The van der Waals surface area contributed by atoms with Crippen LogP contribution >= 0.6 is 0 Å². The van der Waals surface area contributed by atoms with E-state index in [0.717, 1.165) is 13.0 Å². The molecular weight excluding hydrogens is 262 g/mol. The molecule has 2 amide bonds. The van der Waals surface area contributed by atoms with Gasteiger partial charge in [-0.25, -0.2) is 14.5 Å². The lowest BCUT2D eigenvalue weighted by atomic mass is 10.3. The van der Waals surface area contributed by atoms with Crippen molar-refractivity contribution in [3.63, 3.8) is 0 Å². The van der Waals surface area contributed by atoms with Gasteiger partial charge in [0.1, 0.15) is 25.3 Å². The number of carbonyl (C=O) groups excluding carboxylic acids is 2. The number of cyclic esters (lactones) is 1. The molecule has 0 unspecified atom stereocenters. The number of carbonyl (C=O) groups is 2. The molecule has 110 valence electrons. The van der Waals surface area contributed by atoms with Crippen molar-refractivity contribution in [2.24, 2.45) is 0 Å². The van der Waals surface area contributed by atoms with Crippen molar-refractivity contribution in [2.75, 3.05) is 19.7 Å². The second-order valence-corrected chi connectivity index (χ2v) is 4.67. The van der Waals surface area contributed by atoms with E-state index in [1.54, 1.807) is 4.68 Å². The Morgan fingerprint density at radius 1 is 1.60 bits per heavy atom. The highest BCUT2D eigenvalue weighted by Gasteiger charge is 2.25. The van der Waals surface area contributed by atoms with E-state index >= 15 is 0 Å². The highest BCUT2D eigenvalue weighted by molar-refractivity contribution is 5.82. The summed E-state index contributed by atoms with van der Waals surface area (Å²) in [7, 11) is 0. The Hall–Kier alpha value is -2.12. The molecule has 8 heteroatoms. The maximum atomic E-state index is 11.9. The summed E-state index contributed by atoms with van der Waals surface area (Å²) in [5.41, 5.74) is 0. The van der Waals surface area contributed by atoms with Crippen LogP contribution in [0.25, 0.3) is 0 Å². The highest BCUT2D eigenvalue weighted by Crippen LogP contribution is 2.09. The van der Waals surface area contributed by atoms with Crippen molar-refractivity contribution in [3.8, 4) is 0 Å². The van der Waals surface area contributed by atoms with Gasteiger partial charge in [-0.05, 0) is 13.3 Å². The molecule has 1 aromatic rings. The Morgan fingerprint density at radius 3 is 3.05 bits per heavy atom. The summed E-state index contributed by atoms with van der Waals surface area (Å²) < 4.78 is 6.55. The fourth-order valence-corrected chi connectivity index (χ4v) is 2.09. The van der Waals surface area contributed by atoms with Crippen LogP contribution in [-0.2, 0) is 16.1 Å². The number of nitrogens with zero attached hydrogens (tertiary/aromatic N) is 4. The number of hydrogen-bond acceptors (Lipinski definition) is 5. The number of amides is 2. The average molecular weight is 281 g/mol. The number of aromatic nitrogens is 3. The van der Waals surface area contributed by atoms with Gasteiger partial charge in [0, 0.05) is 6.54 Å². The molecule has 1 N–H and O–H groups in total. The van der Waals surface area contributed by atoms with Crippen molar-refractivity contribution in [1.82, 2.24) is 25.0 Å². The minimum atomic E-state index is -0.443. The Morgan fingerprint density at radius 2 is 2.40 bits per heavy atom. The predicted molar refractivity (Wildman–Crippen MR) is 69.8 cm³/mol. The van der Waals surface area contributed by atoms with E-state index in [9.17, 15) is 9.59 Å². The molecule has 1 aromatic heterocycles. The molecule has 0 radical (unpaired) electrons. The third-order valence-electron chi connectivity index (χ3n) is 3.03. The fourth-order valence-electron chi connectivity index (χ4n) is 2.09. The molecule has 0 aliphatic carbocycles. The van der Waals surface area contributed by atoms with Gasteiger partial charge < -0.3 is 10.1 Å². The molecular formula is C12H19N5O3. The van der Waals surface area contributed by atoms with E-state index < -0.39 is 6.09 Å². The minimum absolute atomic E-state index is 0.00505. The van der Waals surface area contributed by atoms with Crippen LogP contribution in [0.4, 0.5) is 4.79 Å². The smallest absolute Gasteiger partial charge is 0.410 e. The van der Waals surface area contributed by atoms with Crippen LogP contribution in [-0.4, -0.2) is 51.4 Å². The molecule has 1 aliphatic heterocycles. The number of rotatable bonds is 6. The SMILES string of the molecule is CCCn1ncnc1[C@@H](C)NC(=O)CN1CCOC1=O. The first-order valence-electron chi connectivity index (χ1n) is 6.70. The topological polar surface area (TPSA) is 89.3 Å². The van der Waals surface area contributed by atoms with Crippen LogP contribution in [0.1, 0.15) is 32.1 Å². The molecule has 1 fully saturated rings. The number of aryl methyl sites for hydroxylation is 1. The molecule has 1 aliphatic rings. The number of nitrogens with one attached hydrogen (secondary N) is 1. The first kappa shape index (κ1) is 14.3. The Kier molecular flexibility index (Phi) is 4.54. The van der Waals surface area contributed by atoms with E-state index in [2.05, 4.69) is 15.4 Å². The summed E-state index contributed by atoms with van der Waals surface area (Å²) in [6.07, 6.45) is 1.98. The maximum absolute atomic E-state index is 11.9. The molecule has 0 bridgehead atoms. The Bertz CT molecular complexity index is 487. The zero-order valence-electron chi connectivity index (χ0n) is 11.7. The molecule has 0 aromatic carbocycles. The van der Waals surface area contributed by atoms with Gasteiger partial charge in [0.15, 0.2) is 0 Å². The van der Waals surface area contributed by atoms with Gasteiger partial charge in [-0.15, -0.1) is 0 Å². The summed E-state index contributed by atoms with van der Waals surface area (Å²) in [5, 5.41) is 6.94. The maximum Gasteiger partial charge on any atom is 0.410 e. The van der Waals surface area contributed by atoms with Crippen molar-refractivity contribution in [2.45, 2.75) is 32.9 Å². The van der Waals surface area contributed by atoms with Gasteiger partial charge in [-0.3, -0.25) is 9.69 Å². The third-order valence-corrected chi connectivity index (χ3v) is 3.03. The molecule has 0 saturated carbocycles. The van der Waals surface area contributed by atoms with Gasteiger partial charge in [-0.1, -0.05) is 6.92 Å². The fraction of sp³-hybridized carbons (Fsp3) is 0.667. The predicted octanol–water partition coefficient (Wildman–Crippen LogP) is 0.317. The van der Waals surface area contributed by atoms with Crippen LogP contribution in [0, 0.1) is 0 Å². The first-order chi connectivity index (χ1) is 9.61. The Balaban J connectivity index is 1.90. The van der Waals surface area contributed by atoms with Crippen LogP contribution in [0.5, 0.6) is 0 Å². The standard InChI is InChI=1S/C12H19N5O3/c1-3-4-17-11(13-8-14-17)9(2)15-10(18)7-16-5-6-20-12(16)19/h8-9H,3-7H2,1-2H3,(H,15,18)/t9-/m1/s1. The van der Waals surface area contributed by atoms with E-state index in [-0.39, 0.29) is 18.5 Å². The van der Waals surface area contributed by atoms with Crippen LogP contribution in [0.3, 0.4) is 0 Å². The summed E-state index contributed by atoms with van der Waals surface area (Å²) in [5.74, 6) is 0.478. The van der Waals surface area contributed by atoms with E-state index in [0.29, 0.717) is 19.0 Å². The van der Waals surface area contributed by atoms with Crippen molar-refractivity contribution < 1.29 is 14.3 Å². The Labute approximate surface area is 117 Å². The quantitative estimate of drug-likeness (QED) is 0.811. The number of hydrogen-bond donors (Lipinski definition) is 1. The minimum Gasteiger partial charge on any atom is -0.448 e. The van der Waals surface area contributed by atoms with Gasteiger partial charge in [0.2, 0.25) is 5.91 Å². The molecule has 8 nitrogen and oxygen atoms in total. The normalized spacial score (nSPS) is 16.1. The van der Waals surface area contributed by atoms with Gasteiger partial charge in [-0.2, -0.15) is 5.10 Å². The average Bonchev–Trinajstić information content (AvgIpc) is 3.00. The van der Waals surface area contributed by atoms with Crippen molar-refractivity contribution in [3.05, 3.63) is 12.2 Å². The summed E-state index contributed by atoms with van der Waals surface area (Å²) in [6.45, 7) is 5.45. The van der Waals surface area contributed by atoms with Crippen LogP contribution in [0.2, 0.25) is 0 Å². The van der Waals surface area contributed by atoms with Crippen LogP contribution in [0.15, 0.2) is 6.33 Å². The van der Waals surface area contributed by atoms with E-state index in [1.165, 1.54) is 11.2 Å². The molecule has 2 rings (SSSR count). The molecule has 2 heterocycles. The lowest BCUT2D eigenvalue weighted by Gasteiger charge is -2.17. The lowest BCUT2D eigenvalue weighted by molar-refractivity contribution is -0.122. The molecule has 20 heavy (non-hydrogen) atoms. The number of ether oxygens (including phenoxy) is 1. The highest BCUT2D eigenvalue weighted by atomic mass is 16.6. The van der Waals surface area contributed by atoms with Crippen molar-refractivity contribution >= 4 is 12.0 Å². The van der Waals surface area contributed by atoms with Gasteiger partial charge in [0.25, 0.3) is 0 Å². The monoisotopic (exact) mass is 281 g/mol. The van der Waals surface area contributed by atoms with Crippen molar-refractivity contribution in [1.29, 1.82) is 0 Å². The van der Waals surface area contributed by atoms with E-state index in [1.807, 2.05) is 13.8 Å². The van der Waals surface area contributed by atoms with E-state index in [4.69, 9.17) is 4.74 Å². The van der Waals surface area contributed by atoms with Gasteiger partial charge >= 0.3 is 6.09 Å². The molecule has 1 atom stereocenters. The molecule has 1 saturated heterocycles. The second-order valence-electron chi connectivity index (χ2n) is 4.67. The largest absolute Gasteiger partial charge is 0.448 e. The summed E-state index contributed by atoms with van der Waals surface area (Å²) >= 11 is 0. The summed E-state index contributed by atoms with van der Waals surface area (Å²) in [6, 6.07) is -0.254. The third kappa shape index (κ3) is 3.25.